The van der Waals surface area contributed by atoms with Crippen LogP contribution in [0.2, 0.25) is 0 Å². The number of aryl methyl sites for hydroxylation is 2. The highest BCUT2D eigenvalue weighted by atomic mass is 32.1. The lowest BCUT2D eigenvalue weighted by Crippen LogP contribution is -2.31. The lowest BCUT2D eigenvalue weighted by atomic mass is 10.0. The zero-order valence-electron chi connectivity index (χ0n) is 18.8. The summed E-state index contributed by atoms with van der Waals surface area (Å²) < 4.78 is 0. The lowest BCUT2D eigenvalue weighted by molar-refractivity contribution is -0.131. The molecule has 0 aliphatic heterocycles. The van der Waals surface area contributed by atoms with E-state index in [1.54, 1.807) is 17.7 Å². The van der Waals surface area contributed by atoms with Crippen LogP contribution in [0.5, 0.6) is 0 Å². The van der Waals surface area contributed by atoms with Gasteiger partial charge in [0.15, 0.2) is 0 Å². The second kappa shape index (κ2) is 9.92. The molecule has 2 heterocycles. The van der Waals surface area contributed by atoms with Gasteiger partial charge in [-0.1, -0.05) is 60.2 Å². The van der Waals surface area contributed by atoms with Crippen molar-refractivity contribution in [2.75, 3.05) is 18.4 Å². The molecule has 4 rings (SSSR count). The number of hydrogen-bond acceptors (Lipinski definition) is 5. The van der Waals surface area contributed by atoms with Crippen LogP contribution in [0.3, 0.4) is 0 Å². The number of aromatic nitrogens is 2. The number of nitrogens with one attached hydrogen (secondary N) is 1. The van der Waals surface area contributed by atoms with Gasteiger partial charge in [0.1, 0.15) is 17.0 Å². The molecule has 6 heteroatoms. The summed E-state index contributed by atoms with van der Waals surface area (Å²) in [6, 6.07) is 18.6. The molecular weight excluding hydrogens is 416 g/mol. The molecular formula is C26H28N4OS. The molecule has 0 aliphatic carbocycles. The molecule has 0 spiro atoms. The number of amides is 1. The molecule has 0 fully saturated rings. The first-order valence-electron chi connectivity index (χ1n) is 10.9. The Bertz CT molecular complexity index is 1200. The molecule has 1 N–H and O–H groups in total. The highest BCUT2D eigenvalue weighted by Gasteiger charge is 2.17. The molecule has 1 amide bonds. The Labute approximate surface area is 193 Å². The molecule has 5 nitrogen and oxygen atoms in total. The van der Waals surface area contributed by atoms with E-state index >= 15 is 0 Å². The molecule has 0 saturated carbocycles. The van der Waals surface area contributed by atoms with E-state index in [0.717, 1.165) is 27.2 Å². The van der Waals surface area contributed by atoms with Gasteiger partial charge in [-0.3, -0.25) is 4.79 Å². The molecule has 2 aromatic heterocycles. The van der Waals surface area contributed by atoms with E-state index in [0.29, 0.717) is 26.1 Å². The van der Waals surface area contributed by atoms with E-state index in [4.69, 9.17) is 0 Å². The average molecular weight is 445 g/mol. The Morgan fingerprint density at radius 3 is 2.50 bits per heavy atom. The van der Waals surface area contributed by atoms with Crippen molar-refractivity contribution in [3.05, 3.63) is 76.9 Å². The maximum absolute atomic E-state index is 12.8. The van der Waals surface area contributed by atoms with Crippen LogP contribution in [0.15, 0.2) is 60.9 Å². The first-order valence-corrected chi connectivity index (χ1v) is 11.7. The fraction of sp³-hybridized carbons (Fsp3) is 0.269. The van der Waals surface area contributed by atoms with Crippen molar-refractivity contribution in [2.45, 2.75) is 33.7 Å². The molecule has 0 unspecified atom stereocenters. The van der Waals surface area contributed by atoms with Crippen LogP contribution >= 0.6 is 11.3 Å². The van der Waals surface area contributed by atoms with Crippen LogP contribution in [-0.2, 0) is 11.3 Å². The second-order valence-corrected chi connectivity index (χ2v) is 9.08. The number of hydrogen-bond donors (Lipinski definition) is 1. The number of carbonyl (C=O) groups excluding carboxylic acids is 1. The Balaban J connectivity index is 1.50. The minimum Gasteiger partial charge on any atom is -0.369 e. The fourth-order valence-electron chi connectivity index (χ4n) is 3.87. The Morgan fingerprint density at radius 2 is 1.78 bits per heavy atom. The van der Waals surface area contributed by atoms with Gasteiger partial charge in [-0.25, -0.2) is 9.97 Å². The third-order valence-electron chi connectivity index (χ3n) is 5.59. The zero-order chi connectivity index (χ0) is 22.5. The van der Waals surface area contributed by atoms with E-state index in [-0.39, 0.29) is 5.91 Å². The predicted molar refractivity (Wildman–Crippen MR) is 133 cm³/mol. The van der Waals surface area contributed by atoms with Gasteiger partial charge in [0.25, 0.3) is 0 Å². The lowest BCUT2D eigenvalue weighted by Gasteiger charge is -2.21. The number of benzene rings is 2. The van der Waals surface area contributed by atoms with Crippen molar-refractivity contribution < 1.29 is 4.79 Å². The smallest absolute Gasteiger partial charge is 0.224 e. The van der Waals surface area contributed by atoms with Crippen molar-refractivity contribution in [1.29, 1.82) is 0 Å². The van der Waals surface area contributed by atoms with Crippen LogP contribution in [0.1, 0.15) is 29.3 Å². The predicted octanol–water partition coefficient (Wildman–Crippen LogP) is 5.83. The van der Waals surface area contributed by atoms with Crippen molar-refractivity contribution in [1.82, 2.24) is 14.9 Å². The Kier molecular flexibility index (Phi) is 6.81. The van der Waals surface area contributed by atoms with Gasteiger partial charge >= 0.3 is 0 Å². The molecule has 0 radical (unpaired) electrons. The van der Waals surface area contributed by atoms with Crippen LogP contribution in [-0.4, -0.2) is 33.9 Å². The summed E-state index contributed by atoms with van der Waals surface area (Å²) >= 11 is 1.68. The Hall–Kier alpha value is -3.25. The molecule has 0 atom stereocenters. The maximum Gasteiger partial charge on any atom is 0.224 e. The third kappa shape index (κ3) is 4.81. The van der Waals surface area contributed by atoms with Crippen LogP contribution in [0.4, 0.5) is 5.82 Å². The number of thiophene rings is 1. The number of anilines is 1. The SMILES string of the molecule is CCN(Cc1ccccc1)C(=O)CCNc1ncnc2sc(C)c(-c3ccc(C)cc3)c12. The van der Waals surface area contributed by atoms with Gasteiger partial charge in [-0.2, -0.15) is 0 Å². The summed E-state index contributed by atoms with van der Waals surface area (Å²) in [6.45, 7) is 8.08. The van der Waals surface area contributed by atoms with E-state index < -0.39 is 0 Å². The summed E-state index contributed by atoms with van der Waals surface area (Å²) in [5, 5.41) is 4.43. The summed E-state index contributed by atoms with van der Waals surface area (Å²) in [6.07, 6.45) is 2.00. The van der Waals surface area contributed by atoms with Gasteiger partial charge in [-0.15, -0.1) is 11.3 Å². The largest absolute Gasteiger partial charge is 0.369 e. The van der Waals surface area contributed by atoms with Crippen LogP contribution in [0.25, 0.3) is 21.3 Å². The van der Waals surface area contributed by atoms with Crippen molar-refractivity contribution >= 4 is 33.3 Å². The van der Waals surface area contributed by atoms with Crippen molar-refractivity contribution in [3.63, 3.8) is 0 Å². The molecule has 164 valence electrons. The quantitative estimate of drug-likeness (QED) is 0.372. The van der Waals surface area contributed by atoms with Gasteiger partial charge in [0.05, 0.1) is 5.39 Å². The van der Waals surface area contributed by atoms with E-state index in [2.05, 4.69) is 65.5 Å². The van der Waals surface area contributed by atoms with E-state index in [1.807, 2.05) is 30.0 Å². The first-order chi connectivity index (χ1) is 15.6. The van der Waals surface area contributed by atoms with Crippen molar-refractivity contribution in [3.8, 4) is 11.1 Å². The number of nitrogens with zero attached hydrogens (tertiary/aromatic N) is 3. The number of carbonyl (C=O) groups is 1. The normalized spacial score (nSPS) is 11.0. The molecule has 32 heavy (non-hydrogen) atoms. The summed E-state index contributed by atoms with van der Waals surface area (Å²) in [4.78, 5) is 25.9. The highest BCUT2D eigenvalue weighted by Crippen LogP contribution is 2.40. The van der Waals surface area contributed by atoms with Gasteiger partial charge < -0.3 is 10.2 Å². The minimum absolute atomic E-state index is 0.134. The van der Waals surface area contributed by atoms with E-state index in [1.165, 1.54) is 16.0 Å². The molecule has 2 aromatic carbocycles. The number of rotatable bonds is 8. The molecule has 0 aliphatic rings. The Morgan fingerprint density at radius 1 is 1.03 bits per heavy atom. The summed E-state index contributed by atoms with van der Waals surface area (Å²) in [7, 11) is 0. The topological polar surface area (TPSA) is 58.1 Å². The monoisotopic (exact) mass is 444 g/mol. The average Bonchev–Trinajstić information content (AvgIpc) is 3.15. The first kappa shape index (κ1) is 22.0. The minimum atomic E-state index is 0.134. The third-order valence-corrected chi connectivity index (χ3v) is 6.60. The maximum atomic E-state index is 12.8. The fourth-order valence-corrected chi connectivity index (χ4v) is 4.88. The molecule has 4 aromatic rings. The second-order valence-electron chi connectivity index (χ2n) is 7.87. The zero-order valence-corrected chi connectivity index (χ0v) is 19.6. The van der Waals surface area contributed by atoms with Crippen molar-refractivity contribution in [2.24, 2.45) is 0 Å². The van der Waals surface area contributed by atoms with Gasteiger partial charge in [0, 0.05) is 36.5 Å². The highest BCUT2D eigenvalue weighted by molar-refractivity contribution is 7.19. The van der Waals surface area contributed by atoms with E-state index in [9.17, 15) is 4.79 Å². The van der Waals surface area contributed by atoms with Gasteiger partial charge in [-0.05, 0) is 31.9 Å². The molecule has 0 saturated heterocycles. The molecule has 0 bridgehead atoms. The standard InChI is InChI=1S/C26H28N4OS/c1-4-30(16-20-8-6-5-7-9-20)22(31)14-15-27-25-24-23(21-12-10-18(2)11-13-21)19(3)32-26(24)29-17-28-25/h5-13,17H,4,14-16H2,1-3H3,(H,27,28,29). The number of fused-ring (bicyclic) bond motifs is 1. The summed E-state index contributed by atoms with van der Waals surface area (Å²) in [5.74, 6) is 0.920. The van der Waals surface area contributed by atoms with Gasteiger partial charge in [0.2, 0.25) is 5.91 Å². The van der Waals surface area contributed by atoms with Crippen LogP contribution < -0.4 is 5.32 Å². The summed E-state index contributed by atoms with van der Waals surface area (Å²) in [5.41, 5.74) is 4.70. The van der Waals surface area contributed by atoms with Crippen LogP contribution in [0, 0.1) is 13.8 Å².